The molecule has 1 aliphatic heterocycles. The van der Waals surface area contributed by atoms with Gasteiger partial charge >= 0.3 is 5.97 Å². The molecule has 0 atom stereocenters. The van der Waals surface area contributed by atoms with Crippen LogP contribution in [0.5, 0.6) is 5.75 Å². The Labute approximate surface area is 104 Å². The van der Waals surface area contributed by atoms with E-state index in [4.69, 9.17) is 21.1 Å². The largest absolute Gasteiger partial charge is 0.478 e. The zero-order valence-corrected chi connectivity index (χ0v) is 9.94. The predicted octanol–water partition coefficient (Wildman–Crippen LogP) is 2.35. The van der Waals surface area contributed by atoms with Crippen LogP contribution in [-0.2, 0) is 9.53 Å². The maximum Gasteiger partial charge on any atom is 0.348 e. The summed E-state index contributed by atoms with van der Waals surface area (Å²) in [5.74, 6) is -0.484. The van der Waals surface area contributed by atoms with E-state index in [2.05, 4.69) is 0 Å². The molecule has 1 heterocycles. The van der Waals surface area contributed by atoms with Crippen LogP contribution in [0.3, 0.4) is 0 Å². The number of benzene rings is 1. The van der Waals surface area contributed by atoms with E-state index in [-0.39, 0.29) is 0 Å². The van der Waals surface area contributed by atoms with Crippen molar-refractivity contribution in [3.05, 3.63) is 29.3 Å². The van der Waals surface area contributed by atoms with Crippen molar-refractivity contribution in [2.24, 2.45) is 0 Å². The molecule has 1 N–H and O–H groups in total. The van der Waals surface area contributed by atoms with Crippen molar-refractivity contribution in [2.75, 3.05) is 13.2 Å². The van der Waals surface area contributed by atoms with Gasteiger partial charge in [-0.05, 0) is 18.2 Å². The highest BCUT2D eigenvalue weighted by molar-refractivity contribution is 6.30. The standard InChI is InChI=1S/C12H13ClO4/c13-9-2-1-3-10(8-9)17-12(11(14)15)4-6-16-7-5-12/h1-3,8H,4-7H2,(H,14,15). The van der Waals surface area contributed by atoms with Gasteiger partial charge in [-0.2, -0.15) is 0 Å². The number of carboxylic acids is 1. The second kappa shape index (κ2) is 4.94. The summed E-state index contributed by atoms with van der Waals surface area (Å²) in [5, 5.41) is 9.83. The molecule has 17 heavy (non-hydrogen) atoms. The number of carbonyl (C=O) groups is 1. The van der Waals surface area contributed by atoms with Crippen LogP contribution in [0, 0.1) is 0 Å². The molecule has 0 amide bonds. The molecule has 0 unspecified atom stereocenters. The lowest BCUT2D eigenvalue weighted by Crippen LogP contribution is -2.49. The van der Waals surface area contributed by atoms with Crippen LogP contribution < -0.4 is 4.74 Å². The van der Waals surface area contributed by atoms with E-state index in [9.17, 15) is 9.90 Å². The number of hydrogen-bond acceptors (Lipinski definition) is 3. The first-order valence-corrected chi connectivity index (χ1v) is 5.76. The highest BCUT2D eigenvalue weighted by atomic mass is 35.5. The molecule has 92 valence electrons. The molecular formula is C12H13ClO4. The first kappa shape index (κ1) is 12.2. The maximum absolute atomic E-state index is 11.4. The minimum Gasteiger partial charge on any atom is -0.478 e. The van der Waals surface area contributed by atoms with Gasteiger partial charge in [0.15, 0.2) is 0 Å². The van der Waals surface area contributed by atoms with Crippen molar-refractivity contribution in [1.29, 1.82) is 0 Å². The van der Waals surface area contributed by atoms with Crippen LogP contribution in [0.1, 0.15) is 12.8 Å². The molecule has 5 heteroatoms. The first-order valence-electron chi connectivity index (χ1n) is 5.38. The Hall–Kier alpha value is -1.26. The number of aliphatic carboxylic acids is 1. The van der Waals surface area contributed by atoms with Crippen molar-refractivity contribution in [1.82, 2.24) is 0 Å². The van der Waals surface area contributed by atoms with Crippen LogP contribution in [0.2, 0.25) is 5.02 Å². The van der Waals surface area contributed by atoms with E-state index in [1.807, 2.05) is 0 Å². The van der Waals surface area contributed by atoms with E-state index >= 15 is 0 Å². The van der Waals surface area contributed by atoms with Crippen molar-refractivity contribution >= 4 is 17.6 Å². The fourth-order valence-electron chi connectivity index (χ4n) is 1.82. The van der Waals surface area contributed by atoms with Gasteiger partial charge in [0.05, 0.1) is 13.2 Å². The smallest absolute Gasteiger partial charge is 0.348 e. The molecule has 0 aromatic heterocycles. The van der Waals surface area contributed by atoms with Gasteiger partial charge in [-0.15, -0.1) is 0 Å². The Balaban J connectivity index is 2.20. The van der Waals surface area contributed by atoms with Crippen molar-refractivity contribution in [3.8, 4) is 5.75 Å². The zero-order valence-electron chi connectivity index (χ0n) is 9.19. The van der Waals surface area contributed by atoms with Crippen LogP contribution in [-0.4, -0.2) is 29.9 Å². The summed E-state index contributed by atoms with van der Waals surface area (Å²) in [4.78, 5) is 11.4. The normalized spacial score (nSPS) is 18.6. The van der Waals surface area contributed by atoms with Crippen molar-refractivity contribution in [3.63, 3.8) is 0 Å². The molecule has 2 rings (SSSR count). The monoisotopic (exact) mass is 256 g/mol. The Bertz CT molecular complexity index is 413. The minimum absolute atomic E-state index is 0.342. The number of carboxylic acid groups (broad SMARTS) is 1. The third-order valence-corrected chi connectivity index (χ3v) is 3.03. The average molecular weight is 257 g/mol. The Morgan fingerprint density at radius 2 is 2.12 bits per heavy atom. The predicted molar refractivity (Wildman–Crippen MR) is 62.5 cm³/mol. The van der Waals surface area contributed by atoms with Gasteiger partial charge in [0, 0.05) is 17.9 Å². The molecule has 0 radical (unpaired) electrons. The molecular weight excluding hydrogens is 244 g/mol. The van der Waals surface area contributed by atoms with E-state index in [0.717, 1.165) is 0 Å². The molecule has 1 fully saturated rings. The Kier molecular flexibility index (Phi) is 3.54. The lowest BCUT2D eigenvalue weighted by Gasteiger charge is -2.33. The van der Waals surface area contributed by atoms with Crippen LogP contribution in [0.4, 0.5) is 0 Å². The van der Waals surface area contributed by atoms with Gasteiger partial charge in [-0.1, -0.05) is 17.7 Å². The van der Waals surface area contributed by atoms with Gasteiger partial charge in [0.1, 0.15) is 5.75 Å². The molecule has 0 aliphatic carbocycles. The fraction of sp³-hybridized carbons (Fsp3) is 0.417. The lowest BCUT2D eigenvalue weighted by molar-refractivity contribution is -0.163. The summed E-state index contributed by atoms with van der Waals surface area (Å²) < 4.78 is 10.8. The maximum atomic E-state index is 11.4. The number of ether oxygens (including phenoxy) is 2. The van der Waals surface area contributed by atoms with E-state index in [1.165, 1.54) is 0 Å². The molecule has 0 bridgehead atoms. The van der Waals surface area contributed by atoms with E-state index in [1.54, 1.807) is 24.3 Å². The van der Waals surface area contributed by atoms with Crippen LogP contribution in [0.15, 0.2) is 24.3 Å². The van der Waals surface area contributed by atoms with E-state index in [0.29, 0.717) is 36.8 Å². The molecule has 1 saturated heterocycles. The summed E-state index contributed by atoms with van der Waals surface area (Å²) in [6.07, 6.45) is 0.684. The number of halogens is 1. The third-order valence-electron chi connectivity index (χ3n) is 2.80. The summed E-state index contributed by atoms with van der Waals surface area (Å²) >= 11 is 5.84. The van der Waals surface area contributed by atoms with Gasteiger partial charge in [0.25, 0.3) is 0 Å². The second-order valence-electron chi connectivity index (χ2n) is 3.97. The SMILES string of the molecule is O=C(O)C1(Oc2cccc(Cl)c2)CCOCC1. The van der Waals surface area contributed by atoms with Gasteiger partial charge in [-0.3, -0.25) is 0 Å². The van der Waals surface area contributed by atoms with Crippen molar-refractivity contribution in [2.45, 2.75) is 18.4 Å². The van der Waals surface area contributed by atoms with E-state index < -0.39 is 11.6 Å². The molecule has 0 spiro atoms. The van der Waals surface area contributed by atoms with Crippen LogP contribution >= 0.6 is 11.6 Å². The Morgan fingerprint density at radius 1 is 1.41 bits per heavy atom. The second-order valence-corrected chi connectivity index (χ2v) is 4.41. The molecule has 1 aromatic carbocycles. The van der Waals surface area contributed by atoms with Crippen LogP contribution in [0.25, 0.3) is 0 Å². The fourth-order valence-corrected chi connectivity index (χ4v) is 2.00. The summed E-state index contributed by atoms with van der Waals surface area (Å²) in [6, 6.07) is 6.76. The third kappa shape index (κ3) is 2.70. The average Bonchev–Trinajstić information content (AvgIpc) is 2.30. The molecule has 1 aromatic rings. The Morgan fingerprint density at radius 3 is 2.71 bits per heavy atom. The quantitative estimate of drug-likeness (QED) is 0.902. The summed E-state index contributed by atoms with van der Waals surface area (Å²) in [6.45, 7) is 0.791. The molecule has 0 saturated carbocycles. The zero-order chi connectivity index (χ0) is 12.3. The highest BCUT2D eigenvalue weighted by Crippen LogP contribution is 2.29. The van der Waals surface area contributed by atoms with Gasteiger partial charge < -0.3 is 14.6 Å². The lowest BCUT2D eigenvalue weighted by atomic mass is 9.94. The molecule has 1 aliphatic rings. The number of rotatable bonds is 3. The number of hydrogen-bond donors (Lipinski definition) is 1. The summed E-state index contributed by atoms with van der Waals surface area (Å²) in [5.41, 5.74) is -1.19. The molecule has 4 nitrogen and oxygen atoms in total. The van der Waals surface area contributed by atoms with Gasteiger partial charge in [-0.25, -0.2) is 4.79 Å². The van der Waals surface area contributed by atoms with Crippen molar-refractivity contribution < 1.29 is 19.4 Å². The minimum atomic E-state index is -1.19. The highest BCUT2D eigenvalue weighted by Gasteiger charge is 2.42. The topological polar surface area (TPSA) is 55.8 Å². The summed E-state index contributed by atoms with van der Waals surface area (Å²) in [7, 11) is 0. The van der Waals surface area contributed by atoms with Gasteiger partial charge in [0.2, 0.25) is 5.60 Å². The first-order chi connectivity index (χ1) is 8.12.